The third-order valence-corrected chi connectivity index (χ3v) is 2.71. The molecule has 0 aliphatic carbocycles. The van der Waals surface area contributed by atoms with Crippen molar-refractivity contribution in [1.82, 2.24) is 5.32 Å². The molecule has 8 heteroatoms. The number of non-ortho nitro benzene ring substituents is 1. The molecular weight excluding hydrogens is 271 g/mol. The van der Waals surface area contributed by atoms with Crippen molar-refractivity contribution >= 4 is 17.6 Å². The molecule has 1 aromatic carbocycles. The van der Waals surface area contributed by atoms with Gasteiger partial charge in [-0.1, -0.05) is 6.92 Å². The summed E-state index contributed by atoms with van der Waals surface area (Å²) in [5.74, 6) is -3.17. The van der Waals surface area contributed by atoms with Gasteiger partial charge in [0, 0.05) is 12.1 Å². The van der Waals surface area contributed by atoms with E-state index >= 15 is 0 Å². The normalized spacial score (nSPS) is 11.8. The average molecular weight is 284 g/mol. The topological polar surface area (TPSA) is 110 Å². The van der Waals surface area contributed by atoms with Crippen LogP contribution in [0, 0.1) is 22.9 Å². The molecule has 2 N–H and O–H groups in total. The summed E-state index contributed by atoms with van der Waals surface area (Å²) >= 11 is 0. The van der Waals surface area contributed by atoms with Crippen LogP contribution >= 0.6 is 0 Å². The van der Waals surface area contributed by atoms with Crippen molar-refractivity contribution < 1.29 is 24.0 Å². The fraction of sp³-hybridized carbons (Fsp3) is 0.333. The van der Waals surface area contributed by atoms with E-state index in [0.29, 0.717) is 0 Å². The molecule has 0 unspecified atom stereocenters. The lowest BCUT2D eigenvalue weighted by Gasteiger charge is -2.13. The van der Waals surface area contributed by atoms with Crippen LogP contribution in [0.2, 0.25) is 0 Å². The number of benzene rings is 1. The molecule has 0 aromatic heterocycles. The number of hydrogen-bond donors (Lipinski definition) is 2. The molecule has 1 atom stereocenters. The number of halogens is 1. The molecule has 0 saturated heterocycles. The SMILES string of the molecule is CC[C@H](NC(=O)c1cc([N+](=O)[O-])cc(C)c1F)C(=O)O. The van der Waals surface area contributed by atoms with E-state index in [9.17, 15) is 24.1 Å². The molecule has 0 saturated carbocycles. The third kappa shape index (κ3) is 3.28. The zero-order chi connectivity index (χ0) is 15.4. The number of carboxylic acid groups (broad SMARTS) is 1. The molecule has 0 fully saturated rings. The lowest BCUT2D eigenvalue weighted by Crippen LogP contribution is -2.40. The summed E-state index contributed by atoms with van der Waals surface area (Å²) in [5, 5.41) is 21.6. The number of carbonyl (C=O) groups is 2. The number of rotatable bonds is 5. The minimum Gasteiger partial charge on any atom is -0.480 e. The Morgan fingerprint density at radius 1 is 1.50 bits per heavy atom. The highest BCUT2D eigenvalue weighted by Crippen LogP contribution is 2.21. The quantitative estimate of drug-likeness (QED) is 0.631. The van der Waals surface area contributed by atoms with Crippen LogP contribution in [0.1, 0.15) is 29.3 Å². The molecule has 7 nitrogen and oxygen atoms in total. The predicted octanol–water partition coefficient (Wildman–Crippen LogP) is 1.64. The van der Waals surface area contributed by atoms with E-state index in [4.69, 9.17) is 5.11 Å². The second-order valence-corrected chi connectivity index (χ2v) is 4.15. The van der Waals surface area contributed by atoms with Crippen LogP contribution in [-0.4, -0.2) is 27.9 Å². The van der Waals surface area contributed by atoms with Gasteiger partial charge in [0.1, 0.15) is 11.9 Å². The van der Waals surface area contributed by atoms with Crippen molar-refractivity contribution in [2.75, 3.05) is 0 Å². The summed E-state index contributed by atoms with van der Waals surface area (Å²) in [6.45, 7) is 2.82. The zero-order valence-corrected chi connectivity index (χ0v) is 10.8. The van der Waals surface area contributed by atoms with E-state index < -0.39 is 39.9 Å². The number of carbonyl (C=O) groups excluding carboxylic acids is 1. The van der Waals surface area contributed by atoms with Crippen LogP contribution < -0.4 is 5.32 Å². The zero-order valence-electron chi connectivity index (χ0n) is 10.8. The Bertz CT molecular complexity index is 573. The third-order valence-electron chi connectivity index (χ3n) is 2.71. The highest BCUT2D eigenvalue weighted by molar-refractivity contribution is 5.97. The van der Waals surface area contributed by atoms with E-state index in [1.54, 1.807) is 0 Å². The van der Waals surface area contributed by atoms with Gasteiger partial charge >= 0.3 is 5.97 Å². The van der Waals surface area contributed by atoms with Gasteiger partial charge in [-0.05, 0) is 18.9 Å². The Hall–Kier alpha value is -2.51. The first-order valence-corrected chi connectivity index (χ1v) is 5.76. The van der Waals surface area contributed by atoms with Gasteiger partial charge in [-0.25, -0.2) is 9.18 Å². The molecule has 1 aromatic rings. The largest absolute Gasteiger partial charge is 0.480 e. The number of amides is 1. The summed E-state index contributed by atoms with van der Waals surface area (Å²) in [4.78, 5) is 32.6. The number of nitrogens with zero attached hydrogens (tertiary/aromatic N) is 1. The maximum atomic E-state index is 13.8. The molecule has 20 heavy (non-hydrogen) atoms. The Balaban J connectivity index is 3.15. The van der Waals surface area contributed by atoms with Crippen molar-refractivity contribution in [3.8, 4) is 0 Å². The van der Waals surface area contributed by atoms with Crippen LogP contribution in [-0.2, 0) is 4.79 Å². The molecule has 1 rings (SSSR count). The molecule has 0 aliphatic heterocycles. The first kappa shape index (κ1) is 15.5. The first-order valence-electron chi connectivity index (χ1n) is 5.76. The molecule has 0 aliphatic rings. The standard InChI is InChI=1S/C12H13FN2O5/c1-3-9(12(17)18)14-11(16)8-5-7(15(19)20)4-6(2)10(8)13/h4-5,9H,3H2,1-2H3,(H,14,16)(H,17,18)/t9-/m0/s1. The number of aliphatic carboxylic acids is 1. The maximum absolute atomic E-state index is 13.8. The molecule has 0 spiro atoms. The summed E-state index contributed by atoms with van der Waals surface area (Å²) in [5.41, 5.74) is -1.04. The molecule has 1 amide bonds. The van der Waals surface area contributed by atoms with Gasteiger partial charge in [0.05, 0.1) is 10.5 Å². The van der Waals surface area contributed by atoms with Crippen molar-refractivity contribution in [2.45, 2.75) is 26.3 Å². The fourth-order valence-electron chi connectivity index (χ4n) is 1.60. The van der Waals surface area contributed by atoms with Gasteiger partial charge in [-0.3, -0.25) is 14.9 Å². The van der Waals surface area contributed by atoms with E-state index in [0.717, 1.165) is 12.1 Å². The second-order valence-electron chi connectivity index (χ2n) is 4.15. The van der Waals surface area contributed by atoms with Gasteiger partial charge < -0.3 is 10.4 Å². The number of nitro benzene ring substituents is 1. The Morgan fingerprint density at radius 2 is 2.10 bits per heavy atom. The van der Waals surface area contributed by atoms with Gasteiger partial charge in [-0.2, -0.15) is 0 Å². The van der Waals surface area contributed by atoms with Gasteiger partial charge in [-0.15, -0.1) is 0 Å². The monoisotopic (exact) mass is 284 g/mol. The Kier molecular flexibility index (Phi) is 4.73. The number of aryl methyl sites for hydroxylation is 1. The molecule has 0 heterocycles. The predicted molar refractivity (Wildman–Crippen MR) is 67.0 cm³/mol. The summed E-state index contributed by atoms with van der Waals surface area (Å²) in [7, 11) is 0. The smallest absolute Gasteiger partial charge is 0.326 e. The summed E-state index contributed by atoms with van der Waals surface area (Å²) in [6.07, 6.45) is 0.108. The van der Waals surface area contributed by atoms with Crippen molar-refractivity contribution in [3.63, 3.8) is 0 Å². The average Bonchev–Trinajstić information content (AvgIpc) is 2.37. The lowest BCUT2D eigenvalue weighted by atomic mass is 10.1. The molecule has 108 valence electrons. The van der Waals surface area contributed by atoms with Gasteiger partial charge in [0.2, 0.25) is 0 Å². The Labute approximate surface area is 113 Å². The summed E-state index contributed by atoms with van der Waals surface area (Å²) < 4.78 is 13.8. The fourth-order valence-corrected chi connectivity index (χ4v) is 1.60. The van der Waals surface area contributed by atoms with Crippen molar-refractivity contribution in [2.24, 2.45) is 0 Å². The van der Waals surface area contributed by atoms with E-state index in [2.05, 4.69) is 5.32 Å². The highest BCUT2D eigenvalue weighted by Gasteiger charge is 2.23. The molecule has 0 radical (unpaired) electrons. The first-order chi connectivity index (χ1) is 9.27. The van der Waals surface area contributed by atoms with Gasteiger partial charge in [0.15, 0.2) is 0 Å². The Morgan fingerprint density at radius 3 is 2.55 bits per heavy atom. The highest BCUT2D eigenvalue weighted by atomic mass is 19.1. The van der Waals surface area contributed by atoms with Crippen molar-refractivity contribution in [1.29, 1.82) is 0 Å². The van der Waals surface area contributed by atoms with Crippen LogP contribution in [0.25, 0.3) is 0 Å². The molecular formula is C12H13FN2O5. The number of nitrogens with one attached hydrogen (secondary N) is 1. The van der Waals surface area contributed by atoms with Gasteiger partial charge in [0.25, 0.3) is 11.6 Å². The maximum Gasteiger partial charge on any atom is 0.326 e. The molecule has 0 bridgehead atoms. The minimum absolute atomic E-state index is 0.0623. The van der Waals surface area contributed by atoms with Crippen LogP contribution in [0.4, 0.5) is 10.1 Å². The number of hydrogen-bond acceptors (Lipinski definition) is 4. The summed E-state index contributed by atoms with van der Waals surface area (Å²) in [6, 6.07) is 0.605. The van der Waals surface area contributed by atoms with Crippen LogP contribution in [0.5, 0.6) is 0 Å². The van der Waals surface area contributed by atoms with Crippen LogP contribution in [0.15, 0.2) is 12.1 Å². The number of carboxylic acids is 1. The van der Waals surface area contributed by atoms with E-state index in [1.165, 1.54) is 13.8 Å². The number of nitro groups is 1. The van der Waals surface area contributed by atoms with Crippen molar-refractivity contribution in [3.05, 3.63) is 39.2 Å². The minimum atomic E-state index is -1.26. The van der Waals surface area contributed by atoms with E-state index in [1.807, 2.05) is 0 Å². The lowest BCUT2D eigenvalue weighted by molar-refractivity contribution is -0.385. The second kappa shape index (κ2) is 6.09. The van der Waals surface area contributed by atoms with Crippen LogP contribution in [0.3, 0.4) is 0 Å². The van der Waals surface area contributed by atoms with E-state index in [-0.39, 0.29) is 12.0 Å².